The van der Waals surface area contributed by atoms with E-state index in [4.69, 9.17) is 4.74 Å². The number of carboxylic acids is 1. The second-order valence-corrected chi connectivity index (χ2v) is 24.6. The Morgan fingerprint density at radius 3 is 2.14 bits per heavy atom. The van der Waals surface area contributed by atoms with Gasteiger partial charge in [0.25, 0.3) is 0 Å². The van der Waals surface area contributed by atoms with Crippen molar-refractivity contribution in [2.24, 2.45) is 68.5 Å². The summed E-state index contributed by atoms with van der Waals surface area (Å²) < 4.78 is 30.8. The van der Waals surface area contributed by atoms with Crippen molar-refractivity contribution in [1.29, 1.82) is 0 Å². The van der Waals surface area contributed by atoms with E-state index < -0.39 is 33.2 Å². The zero-order valence-corrected chi connectivity index (χ0v) is 37.1. The summed E-state index contributed by atoms with van der Waals surface area (Å²) in [6.45, 7) is 26.9. The van der Waals surface area contributed by atoms with Crippen LogP contribution in [0.2, 0.25) is 0 Å². The van der Waals surface area contributed by atoms with Gasteiger partial charge in [0.15, 0.2) is 9.84 Å². The lowest BCUT2D eigenvalue weighted by Crippen LogP contribution is -2.69. The summed E-state index contributed by atoms with van der Waals surface area (Å²) >= 11 is 0. The Kier molecular flexibility index (Phi) is 10.9. The van der Waals surface area contributed by atoms with Crippen molar-refractivity contribution in [2.45, 2.75) is 163 Å². The summed E-state index contributed by atoms with van der Waals surface area (Å²) in [5, 5.41) is 24.7. The summed E-state index contributed by atoms with van der Waals surface area (Å²) in [4.78, 5) is 27.6. The van der Waals surface area contributed by atoms with Gasteiger partial charge >= 0.3 is 11.9 Å². The van der Waals surface area contributed by atoms with Gasteiger partial charge in [-0.3, -0.25) is 14.5 Å². The number of nitrogens with zero attached hydrogens (tertiary/aromatic N) is 1. The Morgan fingerprint density at radius 2 is 1.54 bits per heavy atom. The van der Waals surface area contributed by atoms with Gasteiger partial charge in [-0.15, -0.1) is 0 Å². The van der Waals surface area contributed by atoms with Gasteiger partial charge in [-0.2, -0.15) is 0 Å². The van der Waals surface area contributed by atoms with Gasteiger partial charge in [0.1, 0.15) is 6.10 Å². The molecule has 6 aliphatic carbocycles. The molecule has 1 aliphatic heterocycles. The monoisotopic (exact) mass is 801 g/mol. The largest absolute Gasteiger partial charge is 0.481 e. The van der Waals surface area contributed by atoms with Crippen LogP contribution in [0.5, 0.6) is 0 Å². The van der Waals surface area contributed by atoms with Crippen molar-refractivity contribution in [3.63, 3.8) is 0 Å². The molecule has 14 atom stereocenters. The van der Waals surface area contributed by atoms with Crippen LogP contribution in [0.25, 0.3) is 0 Å². The predicted octanol–water partition coefficient (Wildman–Crippen LogP) is 7.51. The van der Waals surface area contributed by atoms with Crippen molar-refractivity contribution >= 4 is 21.8 Å². The summed E-state index contributed by atoms with van der Waals surface area (Å²) in [6.07, 6.45) is 11.9. The minimum atomic E-state index is -2.98. The van der Waals surface area contributed by atoms with Crippen molar-refractivity contribution in [3.8, 4) is 0 Å². The molecule has 0 spiro atoms. The van der Waals surface area contributed by atoms with E-state index in [2.05, 4.69) is 58.3 Å². The molecule has 6 saturated carbocycles. The van der Waals surface area contributed by atoms with Gasteiger partial charge in [-0.25, -0.2) is 8.42 Å². The molecule has 7 aliphatic rings. The highest BCUT2D eigenvalue weighted by Gasteiger charge is 2.71. The predicted molar refractivity (Wildman–Crippen MR) is 220 cm³/mol. The number of aliphatic hydroxyl groups excluding tert-OH is 1. The summed E-state index contributed by atoms with van der Waals surface area (Å²) in [7, 11) is -2.98. The van der Waals surface area contributed by atoms with Crippen LogP contribution in [0, 0.1) is 68.5 Å². The molecular formula is C46H76N2O7S. The lowest BCUT2D eigenvalue weighted by Gasteiger charge is -2.73. The number of carbonyl (C=O) groups excluding carboxylic acids is 1. The molecule has 0 unspecified atom stereocenters. The fourth-order valence-corrected chi connectivity index (χ4v) is 17.1. The van der Waals surface area contributed by atoms with Gasteiger partial charge in [-0.1, -0.05) is 60.6 Å². The van der Waals surface area contributed by atoms with Crippen LogP contribution in [0.4, 0.5) is 0 Å². The maximum atomic E-state index is 13.6. The number of ether oxygens (including phenoxy) is 1. The number of carboxylic acid groups (broad SMARTS) is 1. The number of aliphatic carboxylic acids is 1. The van der Waals surface area contributed by atoms with E-state index in [0.29, 0.717) is 49.1 Å². The molecule has 0 amide bonds. The van der Waals surface area contributed by atoms with Crippen molar-refractivity contribution in [3.05, 3.63) is 12.2 Å². The molecule has 9 nitrogen and oxygen atoms in total. The molecule has 1 heterocycles. The molecular weight excluding hydrogens is 725 g/mol. The molecule has 0 bridgehead atoms. The van der Waals surface area contributed by atoms with Crippen LogP contribution < -0.4 is 5.32 Å². The Bertz CT molecular complexity index is 1660. The summed E-state index contributed by atoms with van der Waals surface area (Å²) in [6, 6.07) is -0.0532. The Hall–Kier alpha value is -1.49. The molecule has 7 fully saturated rings. The van der Waals surface area contributed by atoms with Gasteiger partial charge in [0, 0.05) is 30.1 Å². The first-order valence-corrected chi connectivity index (χ1v) is 24.2. The molecule has 1 saturated heterocycles. The van der Waals surface area contributed by atoms with Gasteiger partial charge < -0.3 is 20.3 Å². The fraction of sp³-hybridized carbons (Fsp3) is 0.913. The minimum Gasteiger partial charge on any atom is -0.481 e. The molecule has 0 radical (unpaired) electrons. The van der Waals surface area contributed by atoms with Crippen molar-refractivity contribution < 1.29 is 33.0 Å². The number of fused-ring (bicyclic) bond motifs is 7. The number of nitrogens with one attached hydrogen (secondary N) is 1. The van der Waals surface area contributed by atoms with Crippen LogP contribution >= 0.6 is 0 Å². The maximum Gasteiger partial charge on any atom is 0.309 e. The van der Waals surface area contributed by atoms with E-state index in [9.17, 15) is 28.2 Å². The number of aliphatic hydroxyl groups is 1. The molecule has 0 aromatic heterocycles. The maximum absolute atomic E-state index is 13.6. The van der Waals surface area contributed by atoms with Crippen molar-refractivity contribution in [2.75, 3.05) is 31.1 Å². The standard InChI is InChI=1S/C46H76N2O7S/c1-28(2)30-13-19-46(47-22-16-34(29(3)49)48-23-25-56(53,54)26-24-48)21-20-44(9)31(38(30)46)11-12-36-43(8)17-15-37(42(6,7)35(43)14-18-45(36,44)10)55-40(52)33-27-32(39(50)51)41(33,4)5/h29-38,47,49H,1,11-27H2,2-10H3,(H,50,51)/t29-,30-,31+,32-,33+,34+,35-,36+,37-,38+,43-,44+,45+,46-/m0/s1. The van der Waals surface area contributed by atoms with Gasteiger partial charge in [-0.05, 0) is 149 Å². The SMILES string of the molecule is C=C(C)[C@@H]1CC[C@]2(NCC[C@H]([C@H](C)O)N3CCS(=O)(=O)CC3)CC[C@]3(C)[C@H](CC[C@@H]4[C@@]5(C)CC[C@H](OC(=O)[C@H]6C[C@@H](C(=O)O)C6(C)C)C(C)(C)[C@@H]5CC[C@]43C)[C@@H]12. The van der Waals surface area contributed by atoms with Crippen LogP contribution in [0.3, 0.4) is 0 Å². The van der Waals surface area contributed by atoms with E-state index in [1.54, 1.807) is 0 Å². The van der Waals surface area contributed by atoms with Crippen LogP contribution in [-0.4, -0.2) is 90.4 Å². The smallest absolute Gasteiger partial charge is 0.309 e. The quantitative estimate of drug-likeness (QED) is 0.152. The molecule has 318 valence electrons. The van der Waals surface area contributed by atoms with Crippen LogP contribution in [0.15, 0.2) is 12.2 Å². The normalized spacial score (nSPS) is 46.1. The fourth-order valence-electron chi connectivity index (χ4n) is 15.9. The van der Waals surface area contributed by atoms with E-state index in [1.807, 2.05) is 20.8 Å². The van der Waals surface area contributed by atoms with Crippen LogP contribution in [-0.2, 0) is 24.2 Å². The molecule has 0 aromatic rings. The summed E-state index contributed by atoms with van der Waals surface area (Å²) in [5.74, 6) is 1.13. The Balaban J connectivity index is 1.08. The number of esters is 1. The second kappa shape index (κ2) is 14.3. The first-order valence-electron chi connectivity index (χ1n) is 22.4. The summed E-state index contributed by atoms with van der Waals surface area (Å²) in [5.41, 5.74) is 1.16. The van der Waals surface area contributed by atoms with Crippen molar-refractivity contribution in [1.82, 2.24) is 10.2 Å². The zero-order valence-electron chi connectivity index (χ0n) is 36.3. The number of hydrogen-bond donors (Lipinski definition) is 3. The zero-order chi connectivity index (χ0) is 41.0. The molecule has 56 heavy (non-hydrogen) atoms. The molecule has 0 aromatic carbocycles. The average Bonchev–Trinajstić information content (AvgIpc) is 3.48. The lowest BCUT2D eigenvalue weighted by atomic mass is 9.32. The van der Waals surface area contributed by atoms with Gasteiger partial charge in [0.05, 0.1) is 29.4 Å². The average molecular weight is 801 g/mol. The van der Waals surface area contributed by atoms with E-state index in [-0.39, 0.29) is 62.7 Å². The van der Waals surface area contributed by atoms with Crippen LogP contribution in [0.1, 0.15) is 139 Å². The third-order valence-electron chi connectivity index (χ3n) is 19.4. The number of hydrogen-bond acceptors (Lipinski definition) is 8. The minimum absolute atomic E-state index is 0.0516. The topological polar surface area (TPSA) is 133 Å². The first-order chi connectivity index (χ1) is 26.0. The van der Waals surface area contributed by atoms with E-state index in [1.165, 1.54) is 37.7 Å². The van der Waals surface area contributed by atoms with E-state index in [0.717, 1.165) is 45.1 Å². The molecule has 7 rings (SSSR count). The van der Waals surface area contributed by atoms with E-state index >= 15 is 0 Å². The third kappa shape index (κ3) is 6.49. The number of sulfone groups is 1. The highest BCUT2D eigenvalue weighted by atomic mass is 32.2. The highest BCUT2D eigenvalue weighted by Crippen LogP contribution is 2.76. The Labute approximate surface area is 338 Å². The third-order valence-corrected chi connectivity index (χ3v) is 21.0. The second-order valence-electron chi connectivity index (χ2n) is 22.3. The number of allylic oxidation sites excluding steroid dienone is 1. The first kappa shape index (κ1) is 42.6. The lowest BCUT2D eigenvalue weighted by molar-refractivity contribution is -0.248. The van der Waals surface area contributed by atoms with Gasteiger partial charge in [0.2, 0.25) is 0 Å². The Morgan fingerprint density at radius 1 is 0.857 bits per heavy atom. The molecule has 10 heteroatoms. The number of rotatable bonds is 10. The highest BCUT2D eigenvalue weighted by molar-refractivity contribution is 7.91. The molecule has 3 N–H and O–H groups in total. The number of carbonyl (C=O) groups is 2.